The van der Waals surface area contributed by atoms with Gasteiger partial charge in [-0.15, -0.1) is 0 Å². The standard InChI is InChI=1S/C26H27FN6O2/c1-32-9-8-17(14-32)33(2)26(34)19-10-15(12-21(27)23(19)28)16-11-20-24(30-31-25(20)29-13-16)18-6-4-5-7-22(18)35-3/h4-7,10-13,17H,8-9,14,28H2,1-3H3,(H,29,30,31). The number of hydrogen-bond acceptors (Lipinski definition) is 6. The number of carbonyl (C=O) groups excluding carboxylic acids is 1. The van der Waals surface area contributed by atoms with Crippen molar-refractivity contribution in [3.8, 4) is 28.1 Å². The summed E-state index contributed by atoms with van der Waals surface area (Å²) in [5.41, 5.74) is 9.25. The molecular weight excluding hydrogens is 447 g/mol. The number of likely N-dealkylation sites (tertiary alicyclic amines) is 1. The van der Waals surface area contributed by atoms with Crippen molar-refractivity contribution >= 4 is 22.6 Å². The van der Waals surface area contributed by atoms with Gasteiger partial charge in [-0.25, -0.2) is 9.37 Å². The zero-order chi connectivity index (χ0) is 24.7. The Morgan fingerprint density at radius 1 is 1.26 bits per heavy atom. The first kappa shape index (κ1) is 22.8. The molecule has 3 heterocycles. The first-order valence-corrected chi connectivity index (χ1v) is 11.4. The number of hydrogen-bond donors (Lipinski definition) is 2. The fraction of sp³-hybridized carbons (Fsp3) is 0.269. The Morgan fingerprint density at radius 2 is 2.06 bits per heavy atom. The normalized spacial score (nSPS) is 16.1. The summed E-state index contributed by atoms with van der Waals surface area (Å²) in [6, 6.07) is 12.5. The van der Waals surface area contributed by atoms with Crippen LogP contribution in [0.15, 0.2) is 48.7 Å². The van der Waals surface area contributed by atoms with Crippen LogP contribution in [0.5, 0.6) is 5.75 Å². The van der Waals surface area contributed by atoms with Crippen LogP contribution in [0.3, 0.4) is 0 Å². The molecule has 0 saturated carbocycles. The molecule has 1 atom stereocenters. The van der Waals surface area contributed by atoms with Gasteiger partial charge in [0.25, 0.3) is 5.91 Å². The third-order valence-corrected chi connectivity index (χ3v) is 6.71. The summed E-state index contributed by atoms with van der Waals surface area (Å²) in [6.45, 7) is 1.69. The average Bonchev–Trinajstić information content (AvgIpc) is 3.50. The van der Waals surface area contributed by atoms with Gasteiger partial charge in [-0.2, -0.15) is 5.10 Å². The first-order valence-electron chi connectivity index (χ1n) is 11.4. The highest BCUT2D eigenvalue weighted by Gasteiger charge is 2.29. The Bertz CT molecular complexity index is 1420. The number of para-hydroxylation sites is 1. The van der Waals surface area contributed by atoms with Crippen LogP contribution in [0.1, 0.15) is 16.8 Å². The van der Waals surface area contributed by atoms with Gasteiger partial charge in [-0.3, -0.25) is 9.89 Å². The second-order valence-corrected chi connectivity index (χ2v) is 8.93. The van der Waals surface area contributed by atoms with E-state index in [9.17, 15) is 9.18 Å². The van der Waals surface area contributed by atoms with Crippen molar-refractivity contribution < 1.29 is 13.9 Å². The van der Waals surface area contributed by atoms with Crippen LogP contribution in [0.4, 0.5) is 10.1 Å². The minimum Gasteiger partial charge on any atom is -0.496 e. The number of amides is 1. The van der Waals surface area contributed by atoms with Crippen LogP contribution in [0.2, 0.25) is 0 Å². The predicted molar refractivity (Wildman–Crippen MR) is 134 cm³/mol. The molecule has 0 bridgehead atoms. The average molecular weight is 475 g/mol. The lowest BCUT2D eigenvalue weighted by Crippen LogP contribution is -2.39. The van der Waals surface area contributed by atoms with Crippen LogP contribution in [0, 0.1) is 5.82 Å². The molecule has 9 heteroatoms. The van der Waals surface area contributed by atoms with Crippen molar-refractivity contribution in [1.82, 2.24) is 25.0 Å². The fourth-order valence-electron chi connectivity index (χ4n) is 4.65. The lowest BCUT2D eigenvalue weighted by Gasteiger charge is -2.25. The van der Waals surface area contributed by atoms with Gasteiger partial charge in [-0.05, 0) is 55.9 Å². The molecule has 180 valence electrons. The molecule has 4 aromatic rings. The van der Waals surface area contributed by atoms with E-state index in [1.54, 1.807) is 31.3 Å². The number of aromatic amines is 1. The quantitative estimate of drug-likeness (QED) is 0.427. The minimum absolute atomic E-state index is 0.0611. The molecular formula is C26H27FN6O2. The molecule has 1 unspecified atom stereocenters. The second kappa shape index (κ2) is 8.99. The maximum atomic E-state index is 14.9. The number of H-pyrrole nitrogens is 1. The molecule has 1 amide bonds. The van der Waals surface area contributed by atoms with Crippen molar-refractivity contribution in [2.45, 2.75) is 12.5 Å². The van der Waals surface area contributed by atoms with Crippen molar-refractivity contribution in [2.24, 2.45) is 0 Å². The summed E-state index contributed by atoms with van der Waals surface area (Å²) < 4.78 is 20.4. The number of fused-ring (bicyclic) bond motifs is 1. The molecule has 2 aromatic heterocycles. The number of likely N-dealkylation sites (N-methyl/N-ethyl adjacent to an activating group) is 2. The third-order valence-electron chi connectivity index (χ3n) is 6.71. The van der Waals surface area contributed by atoms with Gasteiger partial charge in [0.15, 0.2) is 5.65 Å². The maximum absolute atomic E-state index is 14.9. The highest BCUT2D eigenvalue weighted by Crippen LogP contribution is 2.35. The Hall–Kier alpha value is -3.98. The van der Waals surface area contributed by atoms with E-state index < -0.39 is 5.82 Å². The number of nitrogens with one attached hydrogen (secondary N) is 1. The topological polar surface area (TPSA) is 100 Å². The van der Waals surface area contributed by atoms with Gasteiger partial charge in [0.05, 0.1) is 18.4 Å². The van der Waals surface area contributed by atoms with E-state index in [1.165, 1.54) is 6.07 Å². The number of nitrogens with zero attached hydrogens (tertiary/aromatic N) is 4. The number of pyridine rings is 1. The summed E-state index contributed by atoms with van der Waals surface area (Å²) in [5.74, 6) is -0.256. The Balaban J connectivity index is 1.56. The number of rotatable bonds is 5. The number of carbonyl (C=O) groups is 1. The van der Waals surface area contributed by atoms with Gasteiger partial charge in [0, 0.05) is 42.3 Å². The van der Waals surface area contributed by atoms with E-state index in [1.807, 2.05) is 37.4 Å². The summed E-state index contributed by atoms with van der Waals surface area (Å²) >= 11 is 0. The number of halogens is 1. The number of ether oxygens (including phenoxy) is 1. The summed E-state index contributed by atoms with van der Waals surface area (Å²) in [5, 5.41) is 8.13. The van der Waals surface area contributed by atoms with Crippen molar-refractivity contribution in [3.63, 3.8) is 0 Å². The molecule has 1 aliphatic heterocycles. The molecule has 3 N–H and O–H groups in total. The first-order chi connectivity index (χ1) is 16.9. The highest BCUT2D eigenvalue weighted by molar-refractivity contribution is 6.01. The molecule has 35 heavy (non-hydrogen) atoms. The third kappa shape index (κ3) is 4.08. The van der Waals surface area contributed by atoms with Crippen LogP contribution >= 0.6 is 0 Å². The van der Waals surface area contributed by atoms with Crippen molar-refractivity contribution in [1.29, 1.82) is 0 Å². The van der Waals surface area contributed by atoms with E-state index in [4.69, 9.17) is 10.5 Å². The smallest absolute Gasteiger partial charge is 0.256 e. The molecule has 2 aromatic carbocycles. The molecule has 0 spiro atoms. The van der Waals surface area contributed by atoms with Gasteiger partial charge in [0.2, 0.25) is 0 Å². The molecule has 5 rings (SSSR count). The van der Waals surface area contributed by atoms with Crippen LogP contribution in [-0.2, 0) is 0 Å². The number of anilines is 1. The van der Waals surface area contributed by atoms with Crippen LogP contribution in [-0.4, -0.2) is 71.2 Å². The van der Waals surface area contributed by atoms with Crippen LogP contribution in [0.25, 0.3) is 33.4 Å². The maximum Gasteiger partial charge on any atom is 0.256 e. The zero-order valence-electron chi connectivity index (χ0n) is 19.9. The SMILES string of the molecule is COc1ccccc1-c1n[nH]c2ncc(-c3cc(F)c(N)c(C(=O)N(C)C4CCN(C)C4)c3)cc12. The Kier molecular flexibility index (Phi) is 5.86. The van der Waals surface area contributed by atoms with Crippen LogP contribution < -0.4 is 10.5 Å². The Morgan fingerprint density at radius 3 is 2.80 bits per heavy atom. The lowest BCUT2D eigenvalue weighted by molar-refractivity contribution is 0.0738. The van der Waals surface area contributed by atoms with E-state index >= 15 is 0 Å². The van der Waals surface area contributed by atoms with Crippen molar-refractivity contribution in [3.05, 3.63) is 60.0 Å². The number of methoxy groups -OCH3 is 1. The second-order valence-electron chi connectivity index (χ2n) is 8.93. The van der Waals surface area contributed by atoms with Crippen molar-refractivity contribution in [2.75, 3.05) is 40.0 Å². The molecule has 1 saturated heterocycles. The van der Waals surface area contributed by atoms with Gasteiger partial charge >= 0.3 is 0 Å². The van der Waals surface area contributed by atoms with E-state index in [0.29, 0.717) is 28.2 Å². The molecule has 0 radical (unpaired) electrons. The summed E-state index contributed by atoms with van der Waals surface area (Å²) in [4.78, 5) is 21.6. The highest BCUT2D eigenvalue weighted by atomic mass is 19.1. The Labute approximate surface area is 202 Å². The van der Waals surface area contributed by atoms with E-state index in [-0.39, 0.29) is 23.2 Å². The minimum atomic E-state index is -0.639. The number of nitrogen functional groups attached to an aromatic ring is 1. The predicted octanol–water partition coefficient (Wildman–Crippen LogP) is 3.80. The number of nitrogens with two attached hydrogens (primary N) is 1. The molecule has 1 aliphatic rings. The largest absolute Gasteiger partial charge is 0.496 e. The van der Waals surface area contributed by atoms with E-state index in [0.717, 1.165) is 30.5 Å². The molecule has 8 nitrogen and oxygen atoms in total. The molecule has 1 fully saturated rings. The monoisotopic (exact) mass is 474 g/mol. The van der Waals surface area contributed by atoms with Gasteiger partial charge in [0.1, 0.15) is 17.3 Å². The lowest BCUT2D eigenvalue weighted by atomic mass is 9.99. The fourth-order valence-corrected chi connectivity index (χ4v) is 4.65. The number of benzene rings is 2. The number of aromatic nitrogens is 3. The molecule has 0 aliphatic carbocycles. The van der Waals surface area contributed by atoms with Gasteiger partial charge in [-0.1, -0.05) is 12.1 Å². The van der Waals surface area contributed by atoms with Gasteiger partial charge < -0.3 is 20.3 Å². The van der Waals surface area contributed by atoms with E-state index in [2.05, 4.69) is 20.1 Å². The summed E-state index contributed by atoms with van der Waals surface area (Å²) in [6.07, 6.45) is 2.50. The zero-order valence-corrected chi connectivity index (χ0v) is 19.9. The summed E-state index contributed by atoms with van der Waals surface area (Å²) in [7, 11) is 5.37.